The molecule has 0 bridgehead atoms. The van der Waals surface area contributed by atoms with Crippen LogP contribution in [-0.2, 0) is 0 Å². The van der Waals surface area contributed by atoms with Gasteiger partial charge in [0.15, 0.2) is 0 Å². The summed E-state index contributed by atoms with van der Waals surface area (Å²) in [6.45, 7) is 4.33. The van der Waals surface area contributed by atoms with Crippen molar-refractivity contribution in [3.8, 4) is 0 Å². The predicted octanol–water partition coefficient (Wildman–Crippen LogP) is 2.80. The lowest BCUT2D eigenvalue weighted by atomic mass is 10.1. The highest BCUT2D eigenvalue weighted by molar-refractivity contribution is 9.10. The molecule has 2 heterocycles. The molecule has 1 aromatic rings. The van der Waals surface area contributed by atoms with Crippen molar-refractivity contribution in [2.24, 2.45) is 0 Å². The number of anilines is 2. The zero-order valence-electron chi connectivity index (χ0n) is 12.0. The number of rotatable bonds is 7. The van der Waals surface area contributed by atoms with Crippen LogP contribution >= 0.6 is 15.9 Å². The quantitative estimate of drug-likeness (QED) is 0.797. The number of halogens is 1. The minimum atomic E-state index is 0.262. The number of hydrogen-bond acceptors (Lipinski definition) is 5. The number of aliphatic hydroxyl groups excluding tert-OH is 1. The maximum atomic E-state index is 9.02. The second-order valence-electron chi connectivity index (χ2n) is 5.14. The average Bonchev–Trinajstić information content (AvgIpc) is 2.92. The molecule has 0 aromatic carbocycles. The molecule has 1 saturated heterocycles. The lowest BCUT2D eigenvalue weighted by molar-refractivity contribution is 0.279. The van der Waals surface area contributed by atoms with Gasteiger partial charge in [-0.15, -0.1) is 0 Å². The van der Waals surface area contributed by atoms with Crippen LogP contribution in [-0.4, -0.2) is 40.8 Å². The minimum absolute atomic E-state index is 0.262. The molecular weight excluding hydrogens is 320 g/mol. The standard InChI is InChI=1S/C14H23BrN4O/c1-2-7-16-13-12(15)14(18-10-17-13)19-8-3-5-11(19)6-4-9-20/h10-11,20H,2-9H2,1H3,(H,16,17,18). The minimum Gasteiger partial charge on any atom is -0.396 e. The summed E-state index contributed by atoms with van der Waals surface area (Å²) < 4.78 is 0.948. The highest BCUT2D eigenvalue weighted by atomic mass is 79.9. The molecule has 0 saturated carbocycles. The summed E-state index contributed by atoms with van der Waals surface area (Å²) in [5.74, 6) is 1.84. The van der Waals surface area contributed by atoms with Crippen molar-refractivity contribution in [2.75, 3.05) is 29.9 Å². The van der Waals surface area contributed by atoms with Crippen molar-refractivity contribution in [2.45, 2.75) is 45.1 Å². The third-order valence-corrected chi connectivity index (χ3v) is 4.39. The highest BCUT2D eigenvalue weighted by Crippen LogP contribution is 2.34. The molecule has 5 nitrogen and oxygen atoms in total. The fourth-order valence-electron chi connectivity index (χ4n) is 2.67. The van der Waals surface area contributed by atoms with Crippen molar-refractivity contribution < 1.29 is 5.11 Å². The Morgan fingerprint density at radius 1 is 1.50 bits per heavy atom. The van der Waals surface area contributed by atoms with E-state index in [-0.39, 0.29) is 6.61 Å². The lowest BCUT2D eigenvalue weighted by Crippen LogP contribution is -2.30. The van der Waals surface area contributed by atoms with Crippen molar-refractivity contribution in [3.63, 3.8) is 0 Å². The number of nitrogens with one attached hydrogen (secondary N) is 1. The molecule has 0 aliphatic carbocycles. The molecular formula is C14H23BrN4O. The first kappa shape index (κ1) is 15.5. The van der Waals surface area contributed by atoms with Gasteiger partial charge in [-0.05, 0) is 48.0 Å². The fourth-order valence-corrected chi connectivity index (χ4v) is 3.24. The van der Waals surface area contributed by atoms with Crippen LogP contribution in [0.1, 0.15) is 39.0 Å². The van der Waals surface area contributed by atoms with E-state index >= 15 is 0 Å². The summed E-state index contributed by atoms with van der Waals surface area (Å²) in [5, 5.41) is 12.3. The highest BCUT2D eigenvalue weighted by Gasteiger charge is 2.27. The van der Waals surface area contributed by atoms with Crippen LogP contribution in [0.15, 0.2) is 10.8 Å². The molecule has 1 atom stereocenters. The smallest absolute Gasteiger partial charge is 0.148 e. The van der Waals surface area contributed by atoms with Gasteiger partial charge in [0, 0.05) is 25.7 Å². The Labute approximate surface area is 128 Å². The van der Waals surface area contributed by atoms with Gasteiger partial charge in [0.2, 0.25) is 0 Å². The number of hydrogen-bond donors (Lipinski definition) is 2. The number of nitrogens with zero attached hydrogens (tertiary/aromatic N) is 3. The predicted molar refractivity (Wildman–Crippen MR) is 85.2 cm³/mol. The van der Waals surface area contributed by atoms with Crippen molar-refractivity contribution in [1.82, 2.24) is 9.97 Å². The van der Waals surface area contributed by atoms with Gasteiger partial charge in [-0.25, -0.2) is 9.97 Å². The first-order valence-electron chi connectivity index (χ1n) is 7.39. The summed E-state index contributed by atoms with van der Waals surface area (Å²) in [4.78, 5) is 11.1. The van der Waals surface area contributed by atoms with E-state index < -0.39 is 0 Å². The molecule has 0 radical (unpaired) electrons. The van der Waals surface area contributed by atoms with Gasteiger partial charge in [0.25, 0.3) is 0 Å². The van der Waals surface area contributed by atoms with Crippen molar-refractivity contribution >= 4 is 27.6 Å². The summed E-state index contributed by atoms with van der Waals surface area (Å²) in [5.41, 5.74) is 0. The van der Waals surface area contributed by atoms with E-state index in [4.69, 9.17) is 5.11 Å². The zero-order valence-corrected chi connectivity index (χ0v) is 13.6. The van der Waals surface area contributed by atoms with Gasteiger partial charge < -0.3 is 15.3 Å². The molecule has 0 spiro atoms. The zero-order chi connectivity index (χ0) is 14.4. The normalized spacial score (nSPS) is 18.6. The van der Waals surface area contributed by atoms with Crippen LogP contribution in [0.3, 0.4) is 0 Å². The number of aliphatic hydroxyl groups is 1. The Balaban J connectivity index is 2.14. The van der Waals surface area contributed by atoms with E-state index in [9.17, 15) is 0 Å². The molecule has 1 aromatic heterocycles. The van der Waals surface area contributed by atoms with E-state index in [1.807, 2.05) is 0 Å². The largest absolute Gasteiger partial charge is 0.396 e. The van der Waals surface area contributed by atoms with Gasteiger partial charge in [-0.3, -0.25) is 0 Å². The van der Waals surface area contributed by atoms with Crippen LogP contribution in [0.25, 0.3) is 0 Å². The van der Waals surface area contributed by atoms with Crippen LogP contribution in [0.4, 0.5) is 11.6 Å². The maximum absolute atomic E-state index is 9.02. The first-order valence-corrected chi connectivity index (χ1v) is 8.19. The summed E-state index contributed by atoms with van der Waals surface area (Å²) >= 11 is 3.64. The summed E-state index contributed by atoms with van der Waals surface area (Å²) in [6, 6.07) is 0.479. The third kappa shape index (κ3) is 3.61. The van der Waals surface area contributed by atoms with E-state index in [2.05, 4.69) is 43.0 Å². The van der Waals surface area contributed by atoms with Crippen LogP contribution in [0, 0.1) is 0 Å². The van der Waals surface area contributed by atoms with Crippen LogP contribution in [0.2, 0.25) is 0 Å². The Morgan fingerprint density at radius 3 is 3.10 bits per heavy atom. The number of aromatic nitrogens is 2. The Hall–Kier alpha value is -0.880. The van der Waals surface area contributed by atoms with Gasteiger partial charge in [-0.1, -0.05) is 6.92 Å². The Morgan fingerprint density at radius 2 is 2.35 bits per heavy atom. The van der Waals surface area contributed by atoms with Gasteiger partial charge in [0.1, 0.15) is 22.4 Å². The van der Waals surface area contributed by atoms with Gasteiger partial charge in [0.05, 0.1) is 0 Å². The lowest BCUT2D eigenvalue weighted by Gasteiger charge is -2.27. The van der Waals surface area contributed by atoms with E-state index in [1.165, 1.54) is 12.8 Å². The molecule has 112 valence electrons. The average molecular weight is 343 g/mol. The second kappa shape index (κ2) is 7.78. The van der Waals surface area contributed by atoms with Gasteiger partial charge >= 0.3 is 0 Å². The van der Waals surface area contributed by atoms with Crippen LogP contribution in [0.5, 0.6) is 0 Å². The van der Waals surface area contributed by atoms with E-state index in [0.29, 0.717) is 6.04 Å². The topological polar surface area (TPSA) is 61.3 Å². The first-order chi connectivity index (χ1) is 9.77. The third-order valence-electron chi connectivity index (χ3n) is 3.66. The monoisotopic (exact) mass is 342 g/mol. The van der Waals surface area contributed by atoms with E-state index in [0.717, 1.165) is 48.5 Å². The Kier molecular flexibility index (Phi) is 6.04. The molecule has 2 rings (SSSR count). The summed E-state index contributed by atoms with van der Waals surface area (Å²) in [7, 11) is 0. The molecule has 0 amide bonds. The molecule has 2 N–H and O–H groups in total. The van der Waals surface area contributed by atoms with Crippen molar-refractivity contribution in [3.05, 3.63) is 10.8 Å². The summed E-state index contributed by atoms with van der Waals surface area (Å²) in [6.07, 6.45) is 6.92. The van der Waals surface area contributed by atoms with E-state index in [1.54, 1.807) is 6.33 Å². The molecule has 1 aliphatic heterocycles. The van der Waals surface area contributed by atoms with Crippen LogP contribution < -0.4 is 10.2 Å². The maximum Gasteiger partial charge on any atom is 0.148 e. The van der Waals surface area contributed by atoms with Gasteiger partial charge in [-0.2, -0.15) is 0 Å². The Bertz CT molecular complexity index is 430. The SMILES string of the molecule is CCCNc1ncnc(N2CCCC2CCCO)c1Br. The van der Waals surface area contributed by atoms with Crippen molar-refractivity contribution in [1.29, 1.82) is 0 Å². The molecule has 6 heteroatoms. The second-order valence-corrected chi connectivity index (χ2v) is 5.93. The molecule has 1 fully saturated rings. The molecule has 1 unspecified atom stereocenters. The fraction of sp³-hybridized carbons (Fsp3) is 0.714. The molecule has 20 heavy (non-hydrogen) atoms. The molecule has 1 aliphatic rings.